The Bertz CT molecular complexity index is 900. The largest absolute Gasteiger partial charge is 0.348 e. The summed E-state index contributed by atoms with van der Waals surface area (Å²) in [5, 5.41) is 2.80. The lowest BCUT2D eigenvalue weighted by molar-refractivity contribution is -0.122. The van der Waals surface area contributed by atoms with Crippen molar-refractivity contribution < 1.29 is 9.18 Å². The fraction of sp³-hybridized carbons (Fsp3) is 0.263. The van der Waals surface area contributed by atoms with Gasteiger partial charge in [0, 0.05) is 6.54 Å². The van der Waals surface area contributed by atoms with Gasteiger partial charge in [-0.15, -0.1) is 0 Å². The summed E-state index contributed by atoms with van der Waals surface area (Å²) in [5.41, 5.74) is 9.35. The molecule has 1 aromatic heterocycles. The van der Waals surface area contributed by atoms with Crippen molar-refractivity contribution in [3.63, 3.8) is 0 Å². The summed E-state index contributed by atoms with van der Waals surface area (Å²) < 4.78 is 15.2. The van der Waals surface area contributed by atoms with Gasteiger partial charge in [-0.1, -0.05) is 18.2 Å². The van der Waals surface area contributed by atoms with Gasteiger partial charge in [0.15, 0.2) is 0 Å². The summed E-state index contributed by atoms with van der Waals surface area (Å²) in [6.07, 6.45) is 0. The summed E-state index contributed by atoms with van der Waals surface area (Å²) >= 11 is 0. The van der Waals surface area contributed by atoms with Crippen LogP contribution in [-0.4, -0.2) is 21.5 Å². The molecule has 0 fully saturated rings. The fourth-order valence-corrected chi connectivity index (χ4v) is 2.81. The highest BCUT2D eigenvalue weighted by atomic mass is 19.1. The second kappa shape index (κ2) is 7.03. The molecule has 1 atom stereocenters. The molecule has 0 aliphatic rings. The summed E-state index contributed by atoms with van der Waals surface area (Å²) in [6.45, 7) is 4.73. The average molecular weight is 340 g/mol. The van der Waals surface area contributed by atoms with Crippen LogP contribution in [0.2, 0.25) is 0 Å². The molecule has 130 valence electrons. The van der Waals surface area contributed by atoms with Crippen LogP contribution in [0.25, 0.3) is 22.2 Å². The van der Waals surface area contributed by atoms with Crippen LogP contribution in [0, 0.1) is 5.82 Å². The van der Waals surface area contributed by atoms with E-state index in [2.05, 4.69) is 14.9 Å². The van der Waals surface area contributed by atoms with Gasteiger partial charge < -0.3 is 15.6 Å². The van der Waals surface area contributed by atoms with E-state index in [1.807, 2.05) is 25.1 Å². The number of carbonyl (C=O) groups is 1. The van der Waals surface area contributed by atoms with Crippen LogP contribution in [0.15, 0.2) is 42.5 Å². The molecule has 5 nitrogen and oxygen atoms in total. The first-order valence-corrected chi connectivity index (χ1v) is 8.28. The van der Waals surface area contributed by atoms with Gasteiger partial charge in [0.25, 0.3) is 0 Å². The standard InChI is InChI=1S/C19H21FN4O/c1-3-24-17-10-14(13-4-7-15(20)8-5-13)6-9-16(17)23-18(24)11-22-19(25)12(2)21/h4-10,12H,3,11,21H2,1-2H3,(H,22,25)/t12-/m0/s1. The minimum absolute atomic E-state index is 0.207. The maximum Gasteiger partial charge on any atom is 0.237 e. The zero-order chi connectivity index (χ0) is 18.0. The first-order valence-electron chi connectivity index (χ1n) is 8.28. The average Bonchev–Trinajstić information content (AvgIpc) is 2.96. The van der Waals surface area contributed by atoms with Gasteiger partial charge >= 0.3 is 0 Å². The lowest BCUT2D eigenvalue weighted by atomic mass is 10.1. The van der Waals surface area contributed by atoms with E-state index in [9.17, 15) is 9.18 Å². The van der Waals surface area contributed by atoms with Gasteiger partial charge in [-0.05, 0) is 49.2 Å². The van der Waals surface area contributed by atoms with Crippen molar-refractivity contribution in [3.8, 4) is 11.1 Å². The second-order valence-corrected chi connectivity index (χ2v) is 5.99. The molecule has 0 saturated heterocycles. The third-order valence-electron chi connectivity index (χ3n) is 4.16. The summed E-state index contributed by atoms with van der Waals surface area (Å²) in [7, 11) is 0. The van der Waals surface area contributed by atoms with E-state index in [0.29, 0.717) is 6.54 Å². The molecule has 2 aromatic carbocycles. The Hall–Kier alpha value is -2.73. The van der Waals surface area contributed by atoms with Gasteiger partial charge in [0.05, 0.1) is 23.6 Å². The number of aromatic nitrogens is 2. The minimum atomic E-state index is -0.551. The van der Waals surface area contributed by atoms with Crippen molar-refractivity contribution in [2.24, 2.45) is 5.73 Å². The maximum atomic E-state index is 13.1. The number of rotatable bonds is 5. The third kappa shape index (κ3) is 3.53. The number of carbonyl (C=O) groups excluding carboxylic acids is 1. The van der Waals surface area contributed by atoms with Crippen LogP contribution in [0.1, 0.15) is 19.7 Å². The quantitative estimate of drug-likeness (QED) is 0.750. The predicted octanol–water partition coefficient (Wildman–Crippen LogP) is 2.83. The molecule has 1 heterocycles. The molecule has 25 heavy (non-hydrogen) atoms. The number of nitrogens with two attached hydrogens (primary N) is 1. The van der Waals surface area contributed by atoms with E-state index < -0.39 is 6.04 Å². The molecule has 0 aliphatic carbocycles. The Labute approximate surface area is 145 Å². The number of nitrogens with one attached hydrogen (secondary N) is 1. The predicted molar refractivity (Wildman–Crippen MR) is 96.3 cm³/mol. The highest BCUT2D eigenvalue weighted by molar-refractivity contribution is 5.83. The first-order chi connectivity index (χ1) is 12.0. The SMILES string of the molecule is CCn1c(CNC(=O)[C@H](C)N)nc2ccc(-c3ccc(F)cc3)cc21. The Morgan fingerprint density at radius 1 is 1.24 bits per heavy atom. The molecular formula is C19H21FN4O. The number of nitrogens with zero attached hydrogens (tertiary/aromatic N) is 2. The van der Waals surface area contributed by atoms with Crippen molar-refractivity contribution in [1.82, 2.24) is 14.9 Å². The van der Waals surface area contributed by atoms with Crippen LogP contribution >= 0.6 is 0 Å². The van der Waals surface area contributed by atoms with E-state index >= 15 is 0 Å². The molecule has 0 bridgehead atoms. The number of amides is 1. The van der Waals surface area contributed by atoms with Gasteiger partial charge in [-0.25, -0.2) is 9.37 Å². The molecule has 6 heteroatoms. The Morgan fingerprint density at radius 3 is 2.56 bits per heavy atom. The highest BCUT2D eigenvalue weighted by Gasteiger charge is 2.13. The normalized spacial score (nSPS) is 12.3. The number of aryl methyl sites for hydroxylation is 1. The van der Waals surface area contributed by atoms with E-state index in [1.54, 1.807) is 19.1 Å². The number of benzene rings is 2. The molecule has 0 radical (unpaired) electrons. The maximum absolute atomic E-state index is 13.1. The van der Waals surface area contributed by atoms with Gasteiger partial charge in [0.2, 0.25) is 5.91 Å². The van der Waals surface area contributed by atoms with Crippen molar-refractivity contribution in [2.75, 3.05) is 0 Å². The van der Waals surface area contributed by atoms with Crippen molar-refractivity contribution in [2.45, 2.75) is 33.0 Å². The molecule has 0 saturated carbocycles. The number of halogens is 1. The molecule has 0 spiro atoms. The van der Waals surface area contributed by atoms with Crippen LogP contribution in [0.3, 0.4) is 0 Å². The molecule has 1 amide bonds. The topological polar surface area (TPSA) is 72.9 Å². The molecule has 3 aromatic rings. The van der Waals surface area contributed by atoms with Gasteiger partial charge in [0.1, 0.15) is 11.6 Å². The van der Waals surface area contributed by atoms with Crippen LogP contribution < -0.4 is 11.1 Å². The van der Waals surface area contributed by atoms with E-state index in [-0.39, 0.29) is 11.7 Å². The van der Waals surface area contributed by atoms with E-state index in [4.69, 9.17) is 5.73 Å². The highest BCUT2D eigenvalue weighted by Crippen LogP contribution is 2.25. The lowest BCUT2D eigenvalue weighted by Crippen LogP contribution is -2.38. The Morgan fingerprint density at radius 2 is 1.92 bits per heavy atom. The lowest BCUT2D eigenvalue weighted by Gasteiger charge is -2.09. The van der Waals surface area contributed by atoms with E-state index in [1.165, 1.54) is 12.1 Å². The first kappa shape index (κ1) is 17.1. The second-order valence-electron chi connectivity index (χ2n) is 5.99. The Balaban J connectivity index is 1.96. The summed E-state index contributed by atoms with van der Waals surface area (Å²) in [4.78, 5) is 16.3. The van der Waals surface area contributed by atoms with Gasteiger partial charge in [-0.2, -0.15) is 0 Å². The molecular weight excluding hydrogens is 319 g/mol. The summed E-state index contributed by atoms with van der Waals surface area (Å²) in [6, 6.07) is 11.8. The zero-order valence-electron chi connectivity index (χ0n) is 14.3. The zero-order valence-corrected chi connectivity index (χ0v) is 14.3. The number of hydrogen-bond donors (Lipinski definition) is 2. The number of hydrogen-bond acceptors (Lipinski definition) is 3. The van der Waals surface area contributed by atoms with Crippen molar-refractivity contribution in [1.29, 1.82) is 0 Å². The van der Waals surface area contributed by atoms with Crippen LogP contribution in [0.4, 0.5) is 4.39 Å². The van der Waals surface area contributed by atoms with Crippen LogP contribution in [0.5, 0.6) is 0 Å². The van der Waals surface area contributed by atoms with Crippen LogP contribution in [-0.2, 0) is 17.9 Å². The summed E-state index contributed by atoms with van der Waals surface area (Å²) in [5.74, 6) is 0.319. The molecule has 3 rings (SSSR count). The van der Waals surface area contributed by atoms with Crippen molar-refractivity contribution >= 4 is 16.9 Å². The van der Waals surface area contributed by atoms with E-state index in [0.717, 1.165) is 34.5 Å². The molecule has 3 N–H and O–H groups in total. The monoisotopic (exact) mass is 340 g/mol. The Kier molecular flexibility index (Phi) is 4.81. The van der Waals surface area contributed by atoms with Crippen molar-refractivity contribution in [3.05, 3.63) is 54.1 Å². The number of fused-ring (bicyclic) bond motifs is 1. The smallest absolute Gasteiger partial charge is 0.237 e. The minimum Gasteiger partial charge on any atom is -0.348 e. The van der Waals surface area contributed by atoms with Gasteiger partial charge in [-0.3, -0.25) is 4.79 Å². The third-order valence-corrected chi connectivity index (χ3v) is 4.16. The molecule has 0 aliphatic heterocycles. The molecule has 0 unspecified atom stereocenters. The fourth-order valence-electron chi connectivity index (χ4n) is 2.81. The number of imidazole rings is 1.